The normalized spacial score (nSPS) is 12.6. The maximum atomic E-state index is 14.1. The fourth-order valence-electron chi connectivity index (χ4n) is 8.72. The third kappa shape index (κ3) is 26.7. The highest BCUT2D eigenvalue weighted by Crippen LogP contribution is 2.55. The second-order valence-corrected chi connectivity index (χ2v) is 32.6. The number of amides is 5. The lowest BCUT2D eigenvalue weighted by Crippen LogP contribution is -2.48. The van der Waals surface area contributed by atoms with Crippen LogP contribution in [0.15, 0.2) is 50.7 Å². The van der Waals surface area contributed by atoms with E-state index in [1.807, 2.05) is 0 Å². The Kier molecular flexibility index (Phi) is 27.1. The van der Waals surface area contributed by atoms with E-state index in [2.05, 4.69) is 56.2 Å². The average Bonchev–Trinajstić information content (AvgIpc) is 2.22. The summed E-state index contributed by atoms with van der Waals surface area (Å²) in [5.41, 5.74) is -3.85. The van der Waals surface area contributed by atoms with Gasteiger partial charge in [0.1, 0.15) is 19.6 Å². The Balaban J connectivity index is 1.27. The largest absolute Gasteiger partial charge is 0.480 e. The van der Waals surface area contributed by atoms with Crippen molar-refractivity contribution in [3.05, 3.63) is 63.2 Å². The van der Waals surface area contributed by atoms with Crippen LogP contribution in [0.4, 0.5) is 11.8 Å². The number of anilines is 2. The summed E-state index contributed by atoms with van der Waals surface area (Å²) in [5.74, 6) is -4.20. The molecule has 5 rings (SSSR count). The molecule has 1 aromatic carbocycles. The zero-order valence-electron chi connectivity index (χ0n) is 55.0. The topological polar surface area (TPSA) is 418 Å². The molecule has 0 aliphatic rings. The van der Waals surface area contributed by atoms with Crippen LogP contribution in [0.3, 0.4) is 0 Å². The number of hydrogen-bond donors (Lipinski definition) is 8. The lowest BCUT2D eigenvalue weighted by atomic mass is 10.2. The molecule has 0 atom stereocenters. The predicted octanol–water partition coefficient (Wildman–Crippen LogP) is 4.39. The molecule has 0 radical (unpaired) electrons. The van der Waals surface area contributed by atoms with Crippen molar-refractivity contribution in [3.8, 4) is 0 Å². The number of nitrogens with zero attached hydrogens (tertiary/aromatic N) is 8. The molecule has 4 heterocycles. The van der Waals surface area contributed by atoms with Gasteiger partial charge in [-0.15, -0.1) is 11.3 Å². The molecule has 0 aliphatic carbocycles. The minimum atomic E-state index is -4.19. The zero-order chi connectivity index (χ0) is 69.3. The number of sulfonamides is 1. The Labute approximate surface area is 544 Å². The Bertz CT molecular complexity index is 3720. The summed E-state index contributed by atoms with van der Waals surface area (Å²) < 4.78 is 82.2. The van der Waals surface area contributed by atoms with Crippen LogP contribution in [0, 0.1) is 6.92 Å². The summed E-state index contributed by atoms with van der Waals surface area (Å²) in [7, 11) is -11.5. The lowest BCUT2D eigenvalue weighted by Gasteiger charge is -2.32. The molecule has 0 fully saturated rings. The molecule has 36 heteroatoms. The monoisotopic (exact) mass is 1380 g/mol. The van der Waals surface area contributed by atoms with Gasteiger partial charge in [-0.1, -0.05) is 12.1 Å². The van der Waals surface area contributed by atoms with Crippen LogP contribution in [-0.2, 0) is 79.1 Å². The number of hydrogen-bond acceptors (Lipinski definition) is 23. The van der Waals surface area contributed by atoms with E-state index in [0.29, 0.717) is 23.1 Å². The quantitative estimate of drug-likeness (QED) is 0.0203. The number of carbonyl (C=O) groups excluding carboxylic acids is 5. The first kappa shape index (κ1) is 76.7. The van der Waals surface area contributed by atoms with E-state index < -0.39 is 115 Å². The number of aryl methyl sites for hydroxylation is 1. The van der Waals surface area contributed by atoms with E-state index in [9.17, 15) is 61.0 Å². The minimum Gasteiger partial charge on any atom is -0.480 e. The molecule has 32 nitrogen and oxygen atoms in total. The smallest absolute Gasteiger partial charge is 0.332 e. The van der Waals surface area contributed by atoms with Crippen LogP contribution in [0.1, 0.15) is 114 Å². The number of benzene rings is 1. The first-order valence-electron chi connectivity index (χ1n) is 30.0. The van der Waals surface area contributed by atoms with Crippen molar-refractivity contribution in [2.24, 2.45) is 0 Å². The molecule has 0 saturated heterocycles. The van der Waals surface area contributed by atoms with Gasteiger partial charge in [0.2, 0.25) is 39.8 Å². The number of para-hydroxylation sites is 1. The summed E-state index contributed by atoms with van der Waals surface area (Å²) in [4.78, 5) is 126. The molecule has 0 unspecified atom stereocenters. The Hall–Kier alpha value is -7.03. The number of rotatable bonds is 36. The number of aliphatic carboxylic acids is 1. The third-order valence-corrected chi connectivity index (χ3v) is 20.0. The number of imidazole rings is 1. The molecule has 0 bridgehead atoms. The number of aromatic nitrogens is 7. The number of nitrogens with one attached hydrogen (secondary N) is 7. The van der Waals surface area contributed by atoms with E-state index in [-0.39, 0.29) is 116 Å². The minimum absolute atomic E-state index is 0.0712. The number of thiazole rings is 1. The van der Waals surface area contributed by atoms with Crippen LogP contribution >= 0.6 is 26.5 Å². The number of carboxylic acid groups (broad SMARTS) is 1. The summed E-state index contributed by atoms with van der Waals surface area (Å²) in [6.45, 7) is 19.1. The molecule has 5 aromatic rings. The number of carboxylic acids is 1. The average molecular weight is 1380 g/mol. The van der Waals surface area contributed by atoms with Gasteiger partial charge in [-0.25, -0.2) is 27.9 Å². The maximum Gasteiger partial charge on any atom is 0.332 e. The number of carbonyl (C=O) groups is 6. The van der Waals surface area contributed by atoms with Gasteiger partial charge in [0, 0.05) is 77.0 Å². The second kappa shape index (κ2) is 32.9. The number of fused-ring (bicyclic) bond motifs is 2. The third-order valence-electron chi connectivity index (χ3n) is 12.3. The summed E-state index contributed by atoms with van der Waals surface area (Å²) >= 11 is 0.926. The zero-order valence-corrected chi connectivity index (χ0v) is 58.4. The number of aromatic amines is 1. The van der Waals surface area contributed by atoms with Crippen molar-refractivity contribution < 1.29 is 69.5 Å². The Morgan fingerprint density at radius 1 is 0.656 bits per heavy atom. The molecule has 5 amide bonds. The van der Waals surface area contributed by atoms with Crippen molar-refractivity contribution in [3.63, 3.8) is 0 Å². The van der Waals surface area contributed by atoms with Crippen LogP contribution in [-0.4, -0.2) is 193 Å². The summed E-state index contributed by atoms with van der Waals surface area (Å²) in [6.07, 6.45) is 2.64. The van der Waals surface area contributed by atoms with E-state index in [1.54, 1.807) is 107 Å². The molecule has 0 aliphatic heterocycles. The standard InChI is InChI=1S/C57H89N15O17P2S2/c1-38-32-71(52(81)68-50(38)80)34-44(76)69(29-27-64-93(84,85)53-65-39-18-14-15-19-40(39)92-53)33-43(75)60-26-28-70(36-46(78)79)45(77)35-72-37-63-47-48(61-24-16-22-58-41(73)20-30-90(82,86-54(2,3)4)87-55(5,6)7)66-51(67-49(47)72)62-25-17-23-59-42(74)21-31-91(83,88-56(8,9)10)89-57(11,12)13/h14-15,18-19,32,37,64H,16-17,20-31,33-36H2,1-13H3,(H,58,73)(H,59,74)(H,60,75)(H,78,79)(H,68,80,81)(H2,61,62,66,67). The molecule has 93 heavy (non-hydrogen) atoms. The van der Waals surface area contributed by atoms with Gasteiger partial charge in [-0.05, 0) is 115 Å². The fraction of sp³-hybridized carbons (Fsp3) is 0.614. The molecular weight excluding hydrogens is 1290 g/mol. The maximum absolute atomic E-state index is 14.1. The Morgan fingerprint density at radius 2 is 1.16 bits per heavy atom. The van der Waals surface area contributed by atoms with Crippen LogP contribution in [0.5, 0.6) is 0 Å². The molecular formula is C57H89N15O17P2S2. The molecule has 4 aromatic heterocycles. The first-order chi connectivity index (χ1) is 43.1. The van der Waals surface area contributed by atoms with Crippen molar-refractivity contribution >= 4 is 105 Å². The van der Waals surface area contributed by atoms with Crippen LogP contribution in [0.2, 0.25) is 0 Å². The molecule has 516 valence electrons. The lowest BCUT2D eigenvalue weighted by molar-refractivity contribution is -0.144. The van der Waals surface area contributed by atoms with Gasteiger partial charge in [0.25, 0.3) is 15.6 Å². The van der Waals surface area contributed by atoms with E-state index >= 15 is 0 Å². The van der Waals surface area contributed by atoms with Crippen molar-refractivity contribution in [2.75, 3.05) is 88.4 Å². The summed E-state index contributed by atoms with van der Waals surface area (Å²) in [5, 5.41) is 24.4. The molecule has 8 N–H and O–H groups in total. The highest BCUT2D eigenvalue weighted by Gasteiger charge is 2.37. The van der Waals surface area contributed by atoms with Gasteiger partial charge in [0.15, 0.2) is 17.0 Å². The number of H-pyrrole nitrogens is 1. The van der Waals surface area contributed by atoms with Crippen molar-refractivity contribution in [1.82, 2.24) is 64.5 Å². The van der Waals surface area contributed by atoms with Crippen LogP contribution in [0.25, 0.3) is 21.4 Å². The highest BCUT2D eigenvalue weighted by atomic mass is 32.2. The van der Waals surface area contributed by atoms with Gasteiger partial charge in [-0.3, -0.25) is 52.2 Å². The van der Waals surface area contributed by atoms with Gasteiger partial charge >= 0.3 is 26.9 Å². The van der Waals surface area contributed by atoms with E-state index in [4.69, 9.17) is 18.1 Å². The van der Waals surface area contributed by atoms with E-state index in [0.717, 1.165) is 31.9 Å². The van der Waals surface area contributed by atoms with E-state index in [1.165, 1.54) is 17.8 Å². The van der Waals surface area contributed by atoms with Crippen molar-refractivity contribution in [2.45, 2.75) is 156 Å². The summed E-state index contributed by atoms with van der Waals surface area (Å²) in [6, 6.07) is 6.78. The van der Waals surface area contributed by atoms with Crippen molar-refractivity contribution in [1.29, 1.82) is 0 Å². The second-order valence-electron chi connectivity index (χ2n) is 25.6. The Morgan fingerprint density at radius 3 is 1.70 bits per heavy atom. The SMILES string of the molecule is Cc1cn(CC(=O)N(CCNS(=O)(=O)c2nc3ccccc3s2)CC(=O)NCCN(CC(=O)O)C(=O)Cn2cnc3c(NCCCNC(=O)CCP(=O)(OC(C)(C)C)OC(C)(C)C)nc(NCCCNC(=O)CCP(=O)(OC(C)(C)C)OC(C)(C)C)nc32)c(=O)[nH]c1=O. The fourth-order valence-corrected chi connectivity index (χ4v) is 15.7. The predicted molar refractivity (Wildman–Crippen MR) is 350 cm³/mol. The van der Waals surface area contributed by atoms with Crippen LogP contribution < -0.4 is 42.6 Å². The molecule has 0 saturated carbocycles. The molecule has 0 spiro atoms. The highest BCUT2D eigenvalue weighted by molar-refractivity contribution is 7.91. The first-order valence-corrected chi connectivity index (χ1v) is 35.8. The van der Waals surface area contributed by atoms with Gasteiger partial charge < -0.3 is 64.2 Å². The van der Waals surface area contributed by atoms with Gasteiger partial charge in [0.05, 0.1) is 57.8 Å². The van der Waals surface area contributed by atoms with Gasteiger partial charge in [-0.2, -0.15) is 9.97 Å².